The molecule has 0 rings (SSSR count). The lowest BCUT2D eigenvalue weighted by molar-refractivity contribution is -0.0146. The number of nitrogens with zero attached hydrogens (tertiary/aromatic N) is 1. The van der Waals surface area contributed by atoms with Crippen molar-refractivity contribution in [3.63, 3.8) is 0 Å². The molecule has 1 N–H and O–H groups in total. The summed E-state index contributed by atoms with van der Waals surface area (Å²) in [6.07, 6.45) is 1.30. The summed E-state index contributed by atoms with van der Waals surface area (Å²) in [5.41, 5.74) is 0. The maximum Gasteiger partial charge on any atom is 0.0932 e. The molecule has 0 saturated carbocycles. The van der Waals surface area contributed by atoms with Crippen LogP contribution in [0.1, 0.15) is 41.0 Å². The Labute approximate surface area is 119 Å². The van der Waals surface area contributed by atoms with Crippen molar-refractivity contribution in [3.8, 4) is 0 Å². The number of hydrogen-bond donors (Lipinski definition) is 1. The summed E-state index contributed by atoms with van der Waals surface area (Å²) in [4.78, 5) is 2.45. The standard InChI is InChI=1S/C15H34N2O2/c1-7-8-16-11-15(12-18-6)19-10-9-17(13(2)3)14(4)5/h13-16H,7-12H2,1-6H3. The monoisotopic (exact) mass is 274 g/mol. The van der Waals surface area contributed by atoms with Gasteiger partial charge in [0.25, 0.3) is 0 Å². The van der Waals surface area contributed by atoms with E-state index in [0.29, 0.717) is 18.7 Å². The van der Waals surface area contributed by atoms with Gasteiger partial charge in [-0.05, 0) is 40.7 Å². The summed E-state index contributed by atoms with van der Waals surface area (Å²) in [6.45, 7) is 15.4. The Balaban J connectivity index is 3.95. The number of nitrogens with one attached hydrogen (secondary N) is 1. The second-order valence-electron chi connectivity index (χ2n) is 5.58. The Hall–Kier alpha value is -0.160. The lowest BCUT2D eigenvalue weighted by Crippen LogP contribution is -2.41. The zero-order valence-electron chi connectivity index (χ0n) is 13.7. The van der Waals surface area contributed by atoms with E-state index in [4.69, 9.17) is 9.47 Å². The van der Waals surface area contributed by atoms with Crippen molar-refractivity contribution in [2.45, 2.75) is 59.2 Å². The highest BCUT2D eigenvalue weighted by molar-refractivity contribution is 4.68. The Kier molecular flexibility index (Phi) is 11.6. The topological polar surface area (TPSA) is 33.7 Å². The summed E-state index contributed by atoms with van der Waals surface area (Å²) >= 11 is 0. The van der Waals surface area contributed by atoms with Crippen molar-refractivity contribution in [1.82, 2.24) is 10.2 Å². The summed E-state index contributed by atoms with van der Waals surface area (Å²) in [6, 6.07) is 1.12. The van der Waals surface area contributed by atoms with Crippen molar-refractivity contribution in [1.29, 1.82) is 0 Å². The molecule has 0 aromatic heterocycles. The van der Waals surface area contributed by atoms with Gasteiger partial charge in [0.05, 0.1) is 19.3 Å². The number of hydrogen-bond acceptors (Lipinski definition) is 4. The second-order valence-corrected chi connectivity index (χ2v) is 5.58. The van der Waals surface area contributed by atoms with Crippen LogP contribution in [-0.2, 0) is 9.47 Å². The van der Waals surface area contributed by atoms with Crippen molar-refractivity contribution >= 4 is 0 Å². The smallest absolute Gasteiger partial charge is 0.0932 e. The zero-order chi connectivity index (χ0) is 14.7. The fourth-order valence-electron chi connectivity index (χ4n) is 2.23. The minimum absolute atomic E-state index is 0.151. The molecule has 0 aromatic rings. The molecular formula is C15H34N2O2. The molecule has 0 saturated heterocycles. The molecule has 0 fully saturated rings. The molecule has 0 amide bonds. The van der Waals surface area contributed by atoms with Gasteiger partial charge in [-0.25, -0.2) is 0 Å². The first-order chi connectivity index (χ1) is 9.02. The normalized spacial score (nSPS) is 13.7. The van der Waals surface area contributed by atoms with E-state index in [2.05, 4.69) is 44.8 Å². The first-order valence-electron chi connectivity index (χ1n) is 7.59. The summed E-state index contributed by atoms with van der Waals surface area (Å²) in [7, 11) is 1.73. The molecule has 1 atom stereocenters. The highest BCUT2D eigenvalue weighted by atomic mass is 16.5. The molecule has 4 nitrogen and oxygen atoms in total. The number of rotatable bonds is 12. The van der Waals surface area contributed by atoms with Crippen molar-refractivity contribution < 1.29 is 9.47 Å². The van der Waals surface area contributed by atoms with Gasteiger partial charge in [-0.15, -0.1) is 0 Å². The van der Waals surface area contributed by atoms with E-state index in [9.17, 15) is 0 Å². The maximum absolute atomic E-state index is 5.93. The molecule has 0 heterocycles. The molecule has 19 heavy (non-hydrogen) atoms. The van der Waals surface area contributed by atoms with E-state index in [1.54, 1.807) is 7.11 Å². The van der Waals surface area contributed by atoms with Gasteiger partial charge in [-0.2, -0.15) is 0 Å². The van der Waals surface area contributed by atoms with Crippen LogP contribution < -0.4 is 5.32 Å². The van der Waals surface area contributed by atoms with Crippen LogP contribution >= 0.6 is 0 Å². The molecule has 1 unspecified atom stereocenters. The summed E-state index contributed by atoms with van der Waals surface area (Å²) < 4.78 is 11.1. The van der Waals surface area contributed by atoms with E-state index < -0.39 is 0 Å². The van der Waals surface area contributed by atoms with Gasteiger partial charge in [0.1, 0.15) is 0 Å². The summed E-state index contributed by atoms with van der Waals surface area (Å²) in [5, 5.41) is 3.39. The average molecular weight is 274 g/mol. The fourth-order valence-corrected chi connectivity index (χ4v) is 2.23. The van der Waals surface area contributed by atoms with E-state index in [0.717, 1.165) is 32.7 Å². The molecule has 116 valence electrons. The molecular weight excluding hydrogens is 240 g/mol. The molecule has 0 bridgehead atoms. The van der Waals surface area contributed by atoms with Gasteiger partial charge in [-0.3, -0.25) is 4.90 Å². The quantitative estimate of drug-likeness (QED) is 0.553. The van der Waals surface area contributed by atoms with Crippen LogP contribution in [0, 0.1) is 0 Å². The van der Waals surface area contributed by atoms with Gasteiger partial charge in [-0.1, -0.05) is 6.92 Å². The molecule has 0 aliphatic rings. The van der Waals surface area contributed by atoms with Crippen LogP contribution in [0.4, 0.5) is 0 Å². The molecule has 0 spiro atoms. The third-order valence-electron chi connectivity index (χ3n) is 3.18. The van der Waals surface area contributed by atoms with E-state index in [1.807, 2.05) is 0 Å². The Morgan fingerprint density at radius 1 is 1.11 bits per heavy atom. The molecule has 0 aliphatic heterocycles. The lowest BCUT2D eigenvalue weighted by Gasteiger charge is -2.31. The fraction of sp³-hybridized carbons (Fsp3) is 1.00. The highest BCUT2D eigenvalue weighted by Gasteiger charge is 2.14. The molecule has 0 aliphatic carbocycles. The summed E-state index contributed by atoms with van der Waals surface area (Å²) in [5.74, 6) is 0. The van der Waals surface area contributed by atoms with Crippen molar-refractivity contribution in [3.05, 3.63) is 0 Å². The van der Waals surface area contributed by atoms with Crippen LogP contribution in [0.2, 0.25) is 0 Å². The Morgan fingerprint density at radius 3 is 2.21 bits per heavy atom. The van der Waals surface area contributed by atoms with Crippen LogP contribution in [0.15, 0.2) is 0 Å². The van der Waals surface area contributed by atoms with Crippen molar-refractivity contribution in [2.75, 3.05) is 40.0 Å². The van der Waals surface area contributed by atoms with Gasteiger partial charge < -0.3 is 14.8 Å². The van der Waals surface area contributed by atoms with Gasteiger partial charge >= 0.3 is 0 Å². The minimum Gasteiger partial charge on any atom is -0.382 e. The Morgan fingerprint density at radius 2 is 1.74 bits per heavy atom. The van der Waals surface area contributed by atoms with Gasteiger partial charge in [0.2, 0.25) is 0 Å². The van der Waals surface area contributed by atoms with E-state index in [1.165, 1.54) is 0 Å². The first kappa shape index (κ1) is 18.8. The van der Waals surface area contributed by atoms with Crippen LogP contribution in [-0.4, -0.2) is 63.0 Å². The van der Waals surface area contributed by atoms with Gasteiger partial charge in [0, 0.05) is 32.3 Å². The number of methoxy groups -OCH3 is 1. The zero-order valence-corrected chi connectivity index (χ0v) is 13.7. The predicted molar refractivity (Wildman–Crippen MR) is 81.8 cm³/mol. The van der Waals surface area contributed by atoms with E-state index >= 15 is 0 Å². The maximum atomic E-state index is 5.93. The lowest BCUT2D eigenvalue weighted by atomic mass is 10.2. The first-order valence-corrected chi connectivity index (χ1v) is 7.59. The van der Waals surface area contributed by atoms with E-state index in [-0.39, 0.29) is 6.10 Å². The highest BCUT2D eigenvalue weighted by Crippen LogP contribution is 2.04. The Bertz CT molecular complexity index is 191. The largest absolute Gasteiger partial charge is 0.382 e. The molecule has 0 radical (unpaired) electrons. The SMILES string of the molecule is CCCNCC(COC)OCCN(C(C)C)C(C)C. The van der Waals surface area contributed by atoms with Crippen LogP contribution in [0.3, 0.4) is 0 Å². The third kappa shape index (κ3) is 9.38. The molecule has 0 aromatic carbocycles. The predicted octanol–water partition coefficient (Wildman–Crippen LogP) is 2.14. The van der Waals surface area contributed by atoms with Crippen LogP contribution in [0.25, 0.3) is 0 Å². The minimum atomic E-state index is 0.151. The van der Waals surface area contributed by atoms with Crippen molar-refractivity contribution in [2.24, 2.45) is 0 Å². The molecule has 4 heteroatoms. The third-order valence-corrected chi connectivity index (χ3v) is 3.18. The van der Waals surface area contributed by atoms with Crippen LogP contribution in [0.5, 0.6) is 0 Å². The van der Waals surface area contributed by atoms with Gasteiger partial charge in [0.15, 0.2) is 0 Å². The average Bonchev–Trinajstić information content (AvgIpc) is 2.33. The second kappa shape index (κ2) is 11.6. The number of ether oxygens (including phenoxy) is 2.